The summed E-state index contributed by atoms with van der Waals surface area (Å²) in [5.74, 6) is 0.711. The zero-order chi connectivity index (χ0) is 6.85. The first kappa shape index (κ1) is 7.03. The molecule has 0 bridgehead atoms. The maximum Gasteiger partial charge on any atom is 0.0691 e. The number of rotatable bonds is 0. The Bertz CT molecular complexity index is 94.9. The van der Waals surface area contributed by atoms with E-state index in [1.807, 2.05) is 0 Å². The monoisotopic (exact) mass is 129 g/mol. The molecule has 1 rings (SSSR count). The summed E-state index contributed by atoms with van der Waals surface area (Å²) in [6.45, 7) is 2.19. The van der Waals surface area contributed by atoms with E-state index in [1.165, 1.54) is 0 Å². The summed E-state index contributed by atoms with van der Waals surface area (Å²) >= 11 is 0. The van der Waals surface area contributed by atoms with E-state index in [1.54, 1.807) is 0 Å². The number of aliphatic hydroxyl groups excluding tert-OH is 1. The normalized spacial score (nSPS) is 45.0. The van der Waals surface area contributed by atoms with Crippen molar-refractivity contribution in [1.29, 1.82) is 0 Å². The molecule has 0 aliphatic heterocycles. The van der Waals surface area contributed by atoms with Gasteiger partial charge in [-0.15, -0.1) is 0 Å². The molecule has 54 valence electrons. The third-order valence-corrected chi connectivity index (χ3v) is 2.12. The first-order valence-corrected chi connectivity index (χ1v) is 3.64. The minimum Gasteiger partial charge on any atom is -0.392 e. The fraction of sp³-hybridized carbons (Fsp3) is 1.00. The van der Waals surface area contributed by atoms with Gasteiger partial charge in [0.05, 0.1) is 6.10 Å². The lowest BCUT2D eigenvalue weighted by Gasteiger charge is -2.28. The standard InChI is InChI=1S/C7H15NO/c1-5-2-3-7(9)6(8)4-5/h5-7,9H,2-4,8H2,1H3/t5?,6-,7+/m0/s1. The SMILES string of the molecule is CC1CC[C@@H](O)[C@@H](N)C1. The Morgan fingerprint density at radius 2 is 2.11 bits per heavy atom. The van der Waals surface area contributed by atoms with Crippen LogP contribution in [0.5, 0.6) is 0 Å². The van der Waals surface area contributed by atoms with Gasteiger partial charge in [0, 0.05) is 6.04 Å². The maximum atomic E-state index is 9.17. The van der Waals surface area contributed by atoms with E-state index in [9.17, 15) is 5.11 Å². The maximum absolute atomic E-state index is 9.17. The second kappa shape index (κ2) is 2.67. The Morgan fingerprint density at radius 3 is 2.56 bits per heavy atom. The number of nitrogens with two attached hydrogens (primary N) is 1. The molecule has 1 aliphatic rings. The van der Waals surface area contributed by atoms with Gasteiger partial charge in [-0.25, -0.2) is 0 Å². The molecule has 0 heterocycles. The van der Waals surface area contributed by atoms with Crippen LogP contribution in [0.4, 0.5) is 0 Å². The van der Waals surface area contributed by atoms with Crippen LogP contribution in [-0.4, -0.2) is 17.3 Å². The Labute approximate surface area is 56.1 Å². The summed E-state index contributed by atoms with van der Waals surface area (Å²) in [6.07, 6.45) is 2.78. The quantitative estimate of drug-likeness (QED) is 0.500. The topological polar surface area (TPSA) is 46.2 Å². The van der Waals surface area contributed by atoms with Gasteiger partial charge in [-0.1, -0.05) is 6.92 Å². The lowest BCUT2D eigenvalue weighted by atomic mass is 9.86. The Balaban J connectivity index is 2.35. The first-order chi connectivity index (χ1) is 4.20. The molecule has 1 saturated carbocycles. The smallest absolute Gasteiger partial charge is 0.0691 e. The van der Waals surface area contributed by atoms with Crippen molar-refractivity contribution in [3.8, 4) is 0 Å². The van der Waals surface area contributed by atoms with Gasteiger partial charge in [0.15, 0.2) is 0 Å². The van der Waals surface area contributed by atoms with E-state index in [-0.39, 0.29) is 12.1 Å². The summed E-state index contributed by atoms with van der Waals surface area (Å²) < 4.78 is 0. The number of hydrogen-bond acceptors (Lipinski definition) is 2. The van der Waals surface area contributed by atoms with Crippen LogP contribution in [0.15, 0.2) is 0 Å². The molecule has 0 aromatic rings. The van der Waals surface area contributed by atoms with Crippen LogP contribution in [0.2, 0.25) is 0 Å². The molecule has 0 aromatic heterocycles. The van der Waals surface area contributed by atoms with Crippen molar-refractivity contribution in [2.45, 2.75) is 38.3 Å². The van der Waals surface area contributed by atoms with E-state index in [4.69, 9.17) is 5.73 Å². The predicted octanol–water partition coefficient (Wildman–Crippen LogP) is 0.495. The fourth-order valence-electron chi connectivity index (χ4n) is 1.41. The van der Waals surface area contributed by atoms with E-state index in [0.29, 0.717) is 5.92 Å². The van der Waals surface area contributed by atoms with Crippen LogP contribution in [0.1, 0.15) is 26.2 Å². The van der Waals surface area contributed by atoms with Crippen molar-refractivity contribution >= 4 is 0 Å². The highest BCUT2D eigenvalue weighted by Gasteiger charge is 2.23. The molecular formula is C7H15NO. The largest absolute Gasteiger partial charge is 0.392 e. The molecule has 2 nitrogen and oxygen atoms in total. The Hall–Kier alpha value is -0.0800. The van der Waals surface area contributed by atoms with Crippen LogP contribution in [0, 0.1) is 5.92 Å². The van der Waals surface area contributed by atoms with Gasteiger partial charge in [-0.2, -0.15) is 0 Å². The van der Waals surface area contributed by atoms with Gasteiger partial charge >= 0.3 is 0 Å². The van der Waals surface area contributed by atoms with Crippen LogP contribution in [-0.2, 0) is 0 Å². The Kier molecular flexibility index (Phi) is 2.09. The molecule has 1 aliphatic carbocycles. The fourth-order valence-corrected chi connectivity index (χ4v) is 1.41. The van der Waals surface area contributed by atoms with Crippen LogP contribution in [0.3, 0.4) is 0 Å². The number of hydrogen-bond donors (Lipinski definition) is 2. The number of aliphatic hydroxyl groups is 1. The summed E-state index contributed by atoms with van der Waals surface area (Å²) in [6, 6.07) is 0.0359. The molecule has 9 heavy (non-hydrogen) atoms. The van der Waals surface area contributed by atoms with E-state index >= 15 is 0 Å². The lowest BCUT2D eigenvalue weighted by molar-refractivity contribution is 0.0906. The van der Waals surface area contributed by atoms with Crippen molar-refractivity contribution in [2.75, 3.05) is 0 Å². The average molecular weight is 129 g/mol. The summed E-state index contributed by atoms with van der Waals surface area (Å²) in [4.78, 5) is 0. The molecule has 2 heteroatoms. The van der Waals surface area contributed by atoms with Crippen molar-refractivity contribution in [3.63, 3.8) is 0 Å². The highest BCUT2D eigenvalue weighted by Crippen LogP contribution is 2.22. The van der Waals surface area contributed by atoms with Crippen molar-refractivity contribution in [1.82, 2.24) is 0 Å². The minimum absolute atomic E-state index is 0.0359. The van der Waals surface area contributed by atoms with E-state index in [0.717, 1.165) is 19.3 Å². The molecular weight excluding hydrogens is 114 g/mol. The van der Waals surface area contributed by atoms with Gasteiger partial charge in [0.1, 0.15) is 0 Å². The second-order valence-corrected chi connectivity index (χ2v) is 3.15. The molecule has 1 unspecified atom stereocenters. The minimum atomic E-state index is -0.235. The zero-order valence-corrected chi connectivity index (χ0v) is 5.88. The molecule has 3 N–H and O–H groups in total. The molecule has 3 atom stereocenters. The predicted molar refractivity (Wildman–Crippen MR) is 37.0 cm³/mol. The molecule has 0 amide bonds. The molecule has 1 fully saturated rings. The lowest BCUT2D eigenvalue weighted by Crippen LogP contribution is -2.39. The van der Waals surface area contributed by atoms with Gasteiger partial charge in [-0.05, 0) is 25.2 Å². The van der Waals surface area contributed by atoms with Crippen molar-refractivity contribution < 1.29 is 5.11 Å². The van der Waals surface area contributed by atoms with Gasteiger partial charge < -0.3 is 10.8 Å². The molecule has 0 spiro atoms. The van der Waals surface area contributed by atoms with Crippen LogP contribution < -0.4 is 5.73 Å². The summed E-state index contributed by atoms with van der Waals surface area (Å²) in [5.41, 5.74) is 5.62. The van der Waals surface area contributed by atoms with Gasteiger partial charge in [-0.3, -0.25) is 0 Å². The third kappa shape index (κ3) is 1.66. The molecule has 0 radical (unpaired) electrons. The van der Waals surface area contributed by atoms with Gasteiger partial charge in [0.25, 0.3) is 0 Å². The van der Waals surface area contributed by atoms with Crippen molar-refractivity contribution in [3.05, 3.63) is 0 Å². The molecule has 0 saturated heterocycles. The highest BCUT2D eigenvalue weighted by molar-refractivity contribution is 4.79. The second-order valence-electron chi connectivity index (χ2n) is 3.15. The summed E-state index contributed by atoms with van der Waals surface area (Å²) in [5, 5.41) is 9.17. The molecule has 0 aromatic carbocycles. The van der Waals surface area contributed by atoms with Crippen molar-refractivity contribution in [2.24, 2.45) is 11.7 Å². The first-order valence-electron chi connectivity index (χ1n) is 3.64. The van der Waals surface area contributed by atoms with Crippen LogP contribution in [0.25, 0.3) is 0 Å². The summed E-state index contributed by atoms with van der Waals surface area (Å²) in [7, 11) is 0. The zero-order valence-electron chi connectivity index (χ0n) is 5.88. The Morgan fingerprint density at radius 1 is 1.44 bits per heavy atom. The average Bonchev–Trinajstić information content (AvgIpc) is 1.80. The van der Waals surface area contributed by atoms with Gasteiger partial charge in [0.2, 0.25) is 0 Å². The highest BCUT2D eigenvalue weighted by atomic mass is 16.3. The van der Waals surface area contributed by atoms with E-state index < -0.39 is 0 Å². The van der Waals surface area contributed by atoms with Crippen LogP contribution >= 0.6 is 0 Å². The third-order valence-electron chi connectivity index (χ3n) is 2.12. The van der Waals surface area contributed by atoms with E-state index in [2.05, 4.69) is 6.92 Å².